The molecule has 1 spiro atoms. The van der Waals surface area contributed by atoms with E-state index in [2.05, 4.69) is 48.9 Å². The Balaban J connectivity index is 1.18. The van der Waals surface area contributed by atoms with E-state index in [1.807, 2.05) is 24.3 Å². The zero-order valence-corrected chi connectivity index (χ0v) is 21.2. The predicted octanol–water partition coefficient (Wildman–Crippen LogP) is 3.93. The summed E-state index contributed by atoms with van der Waals surface area (Å²) in [5.41, 5.74) is 4.14. The number of aromatic amines is 1. The van der Waals surface area contributed by atoms with Gasteiger partial charge in [-0.05, 0) is 53.9 Å². The third-order valence-electron chi connectivity index (χ3n) is 7.96. The second-order valence-electron chi connectivity index (χ2n) is 9.91. The van der Waals surface area contributed by atoms with Gasteiger partial charge in [-0.15, -0.1) is 0 Å². The highest BCUT2D eigenvalue weighted by molar-refractivity contribution is 6.10. The molecule has 194 valence electrons. The van der Waals surface area contributed by atoms with Crippen LogP contribution in [-0.2, 0) is 14.9 Å². The second-order valence-corrected chi connectivity index (χ2v) is 9.91. The van der Waals surface area contributed by atoms with Gasteiger partial charge in [-0.25, -0.2) is 4.98 Å². The highest BCUT2D eigenvalue weighted by Gasteiger charge is 2.65. The van der Waals surface area contributed by atoms with Crippen LogP contribution in [0, 0.1) is 0 Å². The summed E-state index contributed by atoms with van der Waals surface area (Å²) >= 11 is 0. The molecule has 1 amide bonds. The molecule has 1 aliphatic carbocycles. The first kappa shape index (κ1) is 22.9. The molecular formula is C28H28N6O4. The maximum absolute atomic E-state index is 13.1. The summed E-state index contributed by atoms with van der Waals surface area (Å²) in [4.78, 5) is 19.8. The number of aromatic nitrogens is 3. The molecule has 2 fully saturated rings. The molecule has 10 heteroatoms. The number of carbonyl (C=O) groups excluding carboxylic acids is 1. The van der Waals surface area contributed by atoms with Gasteiger partial charge >= 0.3 is 0 Å². The molecule has 1 saturated heterocycles. The number of H-pyrrole nitrogens is 1. The van der Waals surface area contributed by atoms with Crippen molar-refractivity contribution in [3.8, 4) is 11.5 Å². The number of amides is 1. The fraction of sp³-hybridized carbons (Fsp3) is 0.321. The molecule has 2 atom stereocenters. The zero-order valence-electron chi connectivity index (χ0n) is 21.2. The first-order chi connectivity index (χ1) is 18.6. The fourth-order valence-corrected chi connectivity index (χ4v) is 5.91. The molecule has 1 saturated carbocycles. The van der Waals surface area contributed by atoms with E-state index in [0.29, 0.717) is 24.8 Å². The van der Waals surface area contributed by atoms with Crippen molar-refractivity contribution in [1.29, 1.82) is 0 Å². The van der Waals surface area contributed by atoms with Crippen LogP contribution in [0.15, 0.2) is 48.7 Å². The van der Waals surface area contributed by atoms with Crippen LogP contribution < -0.4 is 25.0 Å². The number of pyridine rings is 1. The lowest BCUT2D eigenvalue weighted by molar-refractivity contribution is -0.118. The van der Waals surface area contributed by atoms with Crippen molar-refractivity contribution >= 4 is 39.8 Å². The van der Waals surface area contributed by atoms with Crippen molar-refractivity contribution in [2.45, 2.75) is 17.8 Å². The van der Waals surface area contributed by atoms with Gasteiger partial charge in [0.2, 0.25) is 5.91 Å². The number of hydrogen-bond acceptors (Lipinski definition) is 8. The molecule has 38 heavy (non-hydrogen) atoms. The van der Waals surface area contributed by atoms with Gasteiger partial charge in [-0.2, -0.15) is 5.10 Å². The standard InChI is InChI=1S/C28H28N6O4/c1-36-17-4-6-21-19(14-17)28(27(35)31-21)15-20(28)16-3-5-18-23(13-16)32-33-25(18)30-22-7-8-29-26(24(22)37-2)34-9-11-38-12-10-34/h3-8,13-14,20H,9-12,15H2,1-2H3,(H,31,35)(H2,29,30,32,33). The van der Waals surface area contributed by atoms with Gasteiger partial charge in [0.05, 0.1) is 44.1 Å². The lowest BCUT2D eigenvalue weighted by atomic mass is 9.91. The molecule has 3 aliphatic rings. The maximum atomic E-state index is 13.1. The summed E-state index contributed by atoms with van der Waals surface area (Å²) < 4.78 is 16.7. The molecule has 2 aromatic heterocycles. The van der Waals surface area contributed by atoms with E-state index >= 15 is 0 Å². The van der Waals surface area contributed by atoms with Crippen molar-refractivity contribution in [2.24, 2.45) is 0 Å². The first-order valence-corrected chi connectivity index (χ1v) is 12.7. The number of ether oxygens (including phenoxy) is 3. The van der Waals surface area contributed by atoms with Gasteiger partial charge in [0.1, 0.15) is 5.75 Å². The summed E-state index contributed by atoms with van der Waals surface area (Å²) in [5.74, 6) is 3.06. The smallest absolute Gasteiger partial charge is 0.235 e. The summed E-state index contributed by atoms with van der Waals surface area (Å²) in [6, 6.07) is 13.9. The van der Waals surface area contributed by atoms with Crippen LogP contribution in [0.25, 0.3) is 10.9 Å². The molecule has 4 aromatic rings. The second kappa shape index (κ2) is 8.63. The number of hydrogen-bond donors (Lipinski definition) is 3. The minimum atomic E-state index is -0.543. The van der Waals surface area contributed by atoms with E-state index in [1.54, 1.807) is 20.4 Å². The summed E-state index contributed by atoms with van der Waals surface area (Å²) in [6.45, 7) is 2.85. The van der Waals surface area contributed by atoms with E-state index < -0.39 is 5.41 Å². The van der Waals surface area contributed by atoms with Crippen molar-refractivity contribution < 1.29 is 19.0 Å². The summed E-state index contributed by atoms with van der Waals surface area (Å²) in [7, 11) is 3.30. The van der Waals surface area contributed by atoms with Crippen LogP contribution in [0.2, 0.25) is 0 Å². The molecule has 10 nitrogen and oxygen atoms in total. The SMILES string of the molecule is COc1ccc2c(c1)C1(CC1c1ccc3c(Nc4ccnc(N5CCOCC5)c4OC)n[nH]c3c1)C(=O)N2. The Morgan fingerprint density at radius 1 is 1.11 bits per heavy atom. The van der Waals surface area contributed by atoms with Crippen LogP contribution >= 0.6 is 0 Å². The van der Waals surface area contributed by atoms with Crippen LogP contribution in [0.4, 0.5) is 23.0 Å². The third kappa shape index (κ3) is 3.40. The van der Waals surface area contributed by atoms with Crippen molar-refractivity contribution in [2.75, 3.05) is 56.1 Å². The minimum Gasteiger partial charge on any atom is -0.497 e. The van der Waals surface area contributed by atoms with Crippen molar-refractivity contribution in [3.63, 3.8) is 0 Å². The highest BCUT2D eigenvalue weighted by Crippen LogP contribution is 2.65. The average molecular weight is 513 g/mol. The van der Waals surface area contributed by atoms with Gasteiger partial charge in [0, 0.05) is 36.3 Å². The van der Waals surface area contributed by atoms with Crippen LogP contribution in [0.3, 0.4) is 0 Å². The van der Waals surface area contributed by atoms with Crippen LogP contribution in [0.5, 0.6) is 11.5 Å². The van der Waals surface area contributed by atoms with Gasteiger partial charge < -0.3 is 29.7 Å². The molecule has 2 unspecified atom stereocenters. The average Bonchev–Trinajstić information content (AvgIpc) is 3.51. The highest BCUT2D eigenvalue weighted by atomic mass is 16.5. The number of fused-ring (bicyclic) bond motifs is 3. The Morgan fingerprint density at radius 2 is 1.97 bits per heavy atom. The van der Waals surface area contributed by atoms with Gasteiger partial charge in [-0.1, -0.05) is 6.07 Å². The Morgan fingerprint density at radius 3 is 2.79 bits per heavy atom. The van der Waals surface area contributed by atoms with Crippen LogP contribution in [0.1, 0.15) is 23.5 Å². The number of morpholine rings is 1. The fourth-order valence-electron chi connectivity index (χ4n) is 5.91. The summed E-state index contributed by atoms with van der Waals surface area (Å²) in [5, 5.41) is 15.1. The Hall–Kier alpha value is -4.31. The topological polar surface area (TPSA) is 114 Å². The molecule has 2 aromatic carbocycles. The number of nitrogens with zero attached hydrogens (tertiary/aromatic N) is 3. The zero-order chi connectivity index (χ0) is 25.9. The molecular weight excluding hydrogens is 484 g/mol. The number of nitrogens with one attached hydrogen (secondary N) is 3. The normalized spacial score (nSPS) is 21.9. The van der Waals surface area contributed by atoms with Crippen molar-refractivity contribution in [3.05, 3.63) is 59.8 Å². The Kier molecular flexibility index (Phi) is 5.19. The first-order valence-electron chi connectivity index (χ1n) is 12.7. The van der Waals surface area contributed by atoms with E-state index in [-0.39, 0.29) is 11.8 Å². The number of rotatable bonds is 6. The van der Waals surface area contributed by atoms with E-state index in [9.17, 15) is 4.79 Å². The molecule has 0 bridgehead atoms. The molecule has 2 aliphatic heterocycles. The Labute approximate surface area is 219 Å². The van der Waals surface area contributed by atoms with E-state index in [0.717, 1.165) is 64.5 Å². The molecule has 3 N–H and O–H groups in total. The third-order valence-corrected chi connectivity index (χ3v) is 7.96. The van der Waals surface area contributed by atoms with E-state index in [1.165, 1.54) is 0 Å². The molecule has 0 radical (unpaired) electrons. The number of carbonyl (C=O) groups is 1. The van der Waals surface area contributed by atoms with Gasteiger partial charge in [-0.3, -0.25) is 9.89 Å². The largest absolute Gasteiger partial charge is 0.497 e. The van der Waals surface area contributed by atoms with Crippen LogP contribution in [-0.4, -0.2) is 61.6 Å². The maximum Gasteiger partial charge on any atom is 0.235 e. The molecule has 4 heterocycles. The monoisotopic (exact) mass is 512 g/mol. The predicted molar refractivity (Wildman–Crippen MR) is 144 cm³/mol. The number of anilines is 4. The van der Waals surface area contributed by atoms with E-state index in [4.69, 9.17) is 14.2 Å². The Bertz CT molecular complexity index is 1560. The summed E-state index contributed by atoms with van der Waals surface area (Å²) in [6.07, 6.45) is 2.54. The lowest BCUT2D eigenvalue weighted by Crippen LogP contribution is -2.37. The lowest BCUT2D eigenvalue weighted by Gasteiger charge is -2.29. The van der Waals surface area contributed by atoms with Gasteiger partial charge in [0.15, 0.2) is 17.4 Å². The van der Waals surface area contributed by atoms with Crippen molar-refractivity contribution in [1.82, 2.24) is 15.2 Å². The van der Waals surface area contributed by atoms with Gasteiger partial charge in [0.25, 0.3) is 0 Å². The molecule has 7 rings (SSSR count). The number of benzene rings is 2. The minimum absolute atomic E-state index is 0.0543. The quantitative estimate of drug-likeness (QED) is 0.356. The number of methoxy groups -OCH3 is 2.